The lowest BCUT2D eigenvalue weighted by atomic mass is 9.75. The molecule has 1 N–H and O–H groups in total. The molecule has 2 saturated heterocycles. The fourth-order valence-corrected chi connectivity index (χ4v) is 6.22. The first-order valence-corrected chi connectivity index (χ1v) is 15.8. The number of carbonyl (C=O) groups is 4. The monoisotopic (exact) mass is 677 g/mol. The number of alkyl halides is 3. The molecule has 3 aromatic rings. The van der Waals surface area contributed by atoms with Crippen molar-refractivity contribution in [1.82, 2.24) is 15.1 Å². The van der Waals surface area contributed by atoms with Gasteiger partial charge in [-0.2, -0.15) is 13.2 Å². The largest absolute Gasteiger partial charge is 0.460 e. The second kappa shape index (κ2) is 13.8. The SMILES string of the molecule is CC(C)(C)OC(=O)C[C@@H](C(=O)NCc1cccc(C(F)(F)F)c1)N1C(=O)C(C)(N2C(=O)OC[C@@H]2c2ccccc2)C1/C=C/c1ccccc1. The van der Waals surface area contributed by atoms with Gasteiger partial charge >= 0.3 is 18.2 Å². The molecular formula is C37H38F3N3O6. The molecule has 2 unspecified atom stereocenters. The Kier molecular flexibility index (Phi) is 9.89. The third-order valence-electron chi connectivity index (χ3n) is 8.51. The first-order chi connectivity index (χ1) is 23.1. The quantitative estimate of drug-likeness (QED) is 0.200. The van der Waals surface area contributed by atoms with Crippen molar-refractivity contribution >= 4 is 30.0 Å². The number of hydrogen-bond acceptors (Lipinski definition) is 6. The Morgan fingerprint density at radius 3 is 2.29 bits per heavy atom. The zero-order valence-electron chi connectivity index (χ0n) is 27.6. The van der Waals surface area contributed by atoms with Gasteiger partial charge < -0.3 is 19.7 Å². The smallest absolute Gasteiger partial charge is 0.416 e. The first kappa shape index (κ1) is 35.2. The molecular weight excluding hydrogens is 639 g/mol. The molecule has 0 radical (unpaired) electrons. The van der Waals surface area contributed by atoms with Crippen LogP contribution in [0.25, 0.3) is 6.08 Å². The average Bonchev–Trinajstić information content (AvgIpc) is 3.45. The van der Waals surface area contributed by atoms with Crippen LogP contribution in [0.5, 0.6) is 0 Å². The normalized spacial score (nSPS) is 21.7. The number of carbonyl (C=O) groups excluding carboxylic acids is 4. The third-order valence-corrected chi connectivity index (χ3v) is 8.51. The second-order valence-electron chi connectivity index (χ2n) is 13.2. The fourth-order valence-electron chi connectivity index (χ4n) is 6.22. The molecule has 49 heavy (non-hydrogen) atoms. The van der Waals surface area contributed by atoms with E-state index in [0.29, 0.717) is 0 Å². The molecule has 2 heterocycles. The summed E-state index contributed by atoms with van der Waals surface area (Å²) in [5.41, 5.74) is -1.62. The van der Waals surface area contributed by atoms with Crippen LogP contribution in [0.2, 0.25) is 0 Å². The molecule has 9 nitrogen and oxygen atoms in total. The predicted octanol–water partition coefficient (Wildman–Crippen LogP) is 6.30. The number of hydrogen-bond donors (Lipinski definition) is 1. The molecule has 3 aromatic carbocycles. The minimum atomic E-state index is -4.58. The molecule has 4 atom stereocenters. The first-order valence-electron chi connectivity index (χ1n) is 15.8. The Balaban J connectivity index is 1.52. The number of benzene rings is 3. The molecule has 2 fully saturated rings. The maximum atomic E-state index is 14.4. The summed E-state index contributed by atoms with van der Waals surface area (Å²) in [5, 5.41) is 2.61. The van der Waals surface area contributed by atoms with Crippen molar-refractivity contribution in [3.05, 3.63) is 113 Å². The van der Waals surface area contributed by atoms with Gasteiger partial charge in [0, 0.05) is 6.54 Å². The number of β-lactam (4-membered cyclic amide) rings is 1. The van der Waals surface area contributed by atoms with Crippen molar-refractivity contribution in [3.8, 4) is 0 Å². The van der Waals surface area contributed by atoms with E-state index in [2.05, 4.69) is 5.32 Å². The van der Waals surface area contributed by atoms with Gasteiger partial charge in [-0.3, -0.25) is 19.3 Å². The van der Waals surface area contributed by atoms with Crippen molar-refractivity contribution in [3.63, 3.8) is 0 Å². The van der Waals surface area contributed by atoms with Gasteiger partial charge in [0.15, 0.2) is 0 Å². The minimum Gasteiger partial charge on any atom is -0.460 e. The topological polar surface area (TPSA) is 105 Å². The highest BCUT2D eigenvalue weighted by molar-refractivity contribution is 6.02. The highest BCUT2D eigenvalue weighted by Crippen LogP contribution is 2.46. The second-order valence-corrected chi connectivity index (χ2v) is 13.2. The zero-order chi connectivity index (χ0) is 35.6. The van der Waals surface area contributed by atoms with Gasteiger partial charge in [0.05, 0.1) is 24.1 Å². The van der Waals surface area contributed by atoms with E-state index in [1.165, 1.54) is 21.9 Å². The number of esters is 1. The molecule has 0 spiro atoms. The number of nitrogens with zero attached hydrogens (tertiary/aromatic N) is 2. The van der Waals surface area contributed by atoms with Crippen molar-refractivity contribution in [2.45, 2.75) is 76.1 Å². The summed E-state index contributed by atoms with van der Waals surface area (Å²) in [5.74, 6) is -2.15. The lowest BCUT2D eigenvalue weighted by Crippen LogP contribution is -2.81. The molecule has 0 aromatic heterocycles. The van der Waals surface area contributed by atoms with Crippen LogP contribution in [0.3, 0.4) is 0 Å². The summed E-state index contributed by atoms with van der Waals surface area (Å²) in [6.07, 6.45) is -2.38. The standard InChI is InChI=1S/C37H38F3N3O6/c1-35(2,3)49-31(44)21-28(32(45)41-22-25-14-11-17-27(20-25)37(38,39)40)42-30(19-18-24-12-7-5-8-13-24)36(4,33(42)46)43-29(23-48-34(43)47)26-15-9-6-10-16-26/h5-20,28-30H,21-23H2,1-4H3,(H,41,45)/b19-18+/t28-,29+,30?,36?/m0/s1. The van der Waals surface area contributed by atoms with Gasteiger partial charge in [-0.25, -0.2) is 4.79 Å². The van der Waals surface area contributed by atoms with Crippen molar-refractivity contribution < 1.29 is 41.8 Å². The number of amides is 3. The lowest BCUT2D eigenvalue weighted by Gasteiger charge is -2.59. The number of cyclic esters (lactones) is 1. The van der Waals surface area contributed by atoms with Crippen molar-refractivity contribution in [2.24, 2.45) is 0 Å². The summed E-state index contributed by atoms with van der Waals surface area (Å²) in [6.45, 7) is 6.28. The van der Waals surface area contributed by atoms with E-state index in [9.17, 15) is 32.3 Å². The number of ether oxygens (including phenoxy) is 2. The van der Waals surface area contributed by atoms with Gasteiger partial charge in [0.2, 0.25) is 5.91 Å². The molecule has 2 aliphatic rings. The minimum absolute atomic E-state index is 0.000348. The summed E-state index contributed by atoms with van der Waals surface area (Å²) in [4.78, 5) is 57.5. The lowest BCUT2D eigenvalue weighted by molar-refractivity contribution is -0.178. The molecule has 3 amide bonds. The maximum absolute atomic E-state index is 14.4. The molecule has 0 bridgehead atoms. The van der Waals surface area contributed by atoms with E-state index in [0.717, 1.165) is 23.3 Å². The van der Waals surface area contributed by atoms with E-state index >= 15 is 0 Å². The summed E-state index contributed by atoms with van der Waals surface area (Å²) < 4.78 is 51.0. The van der Waals surface area contributed by atoms with Crippen LogP contribution < -0.4 is 5.32 Å². The van der Waals surface area contributed by atoms with Crippen molar-refractivity contribution in [1.29, 1.82) is 0 Å². The van der Waals surface area contributed by atoms with Crippen LogP contribution in [0.15, 0.2) is 91.0 Å². The third kappa shape index (κ3) is 7.63. The van der Waals surface area contributed by atoms with Gasteiger partial charge in [0.1, 0.15) is 23.8 Å². The Bertz CT molecular complexity index is 1720. The molecule has 0 aliphatic carbocycles. The summed E-state index contributed by atoms with van der Waals surface area (Å²) >= 11 is 0. The van der Waals surface area contributed by atoms with Crippen LogP contribution in [0.1, 0.15) is 62.4 Å². The number of halogens is 3. The summed E-state index contributed by atoms with van der Waals surface area (Å²) in [6, 6.07) is 19.8. The van der Waals surface area contributed by atoms with Crippen LogP contribution >= 0.6 is 0 Å². The number of rotatable bonds is 10. The van der Waals surface area contributed by atoms with E-state index in [-0.39, 0.29) is 18.7 Å². The van der Waals surface area contributed by atoms with Crippen LogP contribution in [0.4, 0.5) is 18.0 Å². The average molecular weight is 678 g/mol. The van der Waals surface area contributed by atoms with Crippen LogP contribution in [0, 0.1) is 0 Å². The van der Waals surface area contributed by atoms with Crippen LogP contribution in [-0.4, -0.2) is 63.5 Å². The van der Waals surface area contributed by atoms with E-state index in [1.54, 1.807) is 39.8 Å². The summed E-state index contributed by atoms with van der Waals surface area (Å²) in [7, 11) is 0. The van der Waals surface area contributed by atoms with E-state index in [4.69, 9.17) is 9.47 Å². The van der Waals surface area contributed by atoms with Gasteiger partial charge in [-0.1, -0.05) is 84.9 Å². The van der Waals surface area contributed by atoms with E-state index in [1.807, 2.05) is 60.7 Å². The van der Waals surface area contributed by atoms with Gasteiger partial charge in [-0.15, -0.1) is 0 Å². The Morgan fingerprint density at radius 2 is 1.65 bits per heavy atom. The predicted molar refractivity (Wildman–Crippen MR) is 174 cm³/mol. The van der Waals surface area contributed by atoms with E-state index < -0.39 is 71.3 Å². The van der Waals surface area contributed by atoms with Crippen LogP contribution in [-0.2, 0) is 36.6 Å². The highest BCUT2D eigenvalue weighted by Gasteiger charge is 2.66. The number of nitrogens with one attached hydrogen (secondary N) is 1. The highest BCUT2D eigenvalue weighted by atomic mass is 19.4. The fraction of sp³-hybridized carbons (Fsp3) is 0.351. The van der Waals surface area contributed by atoms with Gasteiger partial charge in [-0.05, 0) is 56.5 Å². The molecule has 12 heteroatoms. The van der Waals surface area contributed by atoms with Crippen molar-refractivity contribution in [2.75, 3.05) is 6.61 Å². The van der Waals surface area contributed by atoms with Gasteiger partial charge in [0.25, 0.3) is 5.91 Å². The Labute approximate surface area is 282 Å². The molecule has 258 valence electrons. The number of likely N-dealkylation sites (tertiary alicyclic amines) is 1. The zero-order valence-corrected chi connectivity index (χ0v) is 27.6. The molecule has 0 saturated carbocycles. The molecule has 5 rings (SSSR count). The Hall–Kier alpha value is -5.13. The Morgan fingerprint density at radius 1 is 1.00 bits per heavy atom. The maximum Gasteiger partial charge on any atom is 0.416 e. The molecule has 2 aliphatic heterocycles.